The first-order valence-electron chi connectivity index (χ1n) is 23.8. The lowest BCUT2D eigenvalue weighted by atomic mass is 9.96. The standard InChI is InChI=1S/C64H40N6O/c1-5-18-41(19-6-1)46-38-47(42-20-7-2-8-21-42)40-48(39-46)62-66-61(44-22-9-3-10-23-44)67-64(68-62)70-57-31-16-14-27-52(57)54-37-36-53-51-26-13-15-30-56(51)69(58(53)59(54)70)49-34-32-43(33-35-49)50-28-17-29-55-60(50)71-63(65-55)45-24-11-4-12-25-45/h1-40H. The molecule has 4 heterocycles. The van der Waals surface area contributed by atoms with Crippen molar-refractivity contribution in [3.05, 3.63) is 243 Å². The third-order valence-corrected chi connectivity index (χ3v) is 13.6. The summed E-state index contributed by atoms with van der Waals surface area (Å²) in [5.41, 5.74) is 15.9. The molecule has 71 heavy (non-hydrogen) atoms. The van der Waals surface area contributed by atoms with Gasteiger partial charge in [0, 0.05) is 49.5 Å². The van der Waals surface area contributed by atoms with Crippen LogP contribution in [-0.4, -0.2) is 29.1 Å². The second-order valence-corrected chi connectivity index (χ2v) is 17.8. The van der Waals surface area contributed by atoms with Crippen LogP contribution in [0.1, 0.15) is 0 Å². The molecule has 7 nitrogen and oxygen atoms in total. The van der Waals surface area contributed by atoms with Gasteiger partial charge in [0.2, 0.25) is 11.8 Å². The Morgan fingerprint density at radius 1 is 0.310 bits per heavy atom. The monoisotopic (exact) mass is 908 g/mol. The predicted octanol–water partition coefficient (Wildman–Crippen LogP) is 16.2. The van der Waals surface area contributed by atoms with Crippen LogP contribution in [0.25, 0.3) is 134 Å². The first-order valence-corrected chi connectivity index (χ1v) is 23.8. The smallest absolute Gasteiger partial charge is 0.238 e. The molecule has 4 aromatic heterocycles. The maximum atomic E-state index is 6.48. The molecule has 0 spiro atoms. The molecular formula is C64H40N6O. The molecule has 0 aliphatic heterocycles. The second kappa shape index (κ2) is 16.5. The molecule has 7 heteroatoms. The number of benzene rings is 10. The van der Waals surface area contributed by atoms with Crippen LogP contribution < -0.4 is 0 Å². The molecule has 0 aliphatic rings. The third kappa shape index (κ3) is 6.82. The Hall–Kier alpha value is -9.72. The summed E-state index contributed by atoms with van der Waals surface area (Å²) in [5.74, 6) is 2.30. The van der Waals surface area contributed by atoms with Crippen molar-refractivity contribution in [1.29, 1.82) is 0 Å². The van der Waals surface area contributed by atoms with Crippen LogP contribution in [0.4, 0.5) is 0 Å². The summed E-state index contributed by atoms with van der Waals surface area (Å²) >= 11 is 0. The van der Waals surface area contributed by atoms with Crippen LogP contribution in [0.3, 0.4) is 0 Å². The summed E-state index contributed by atoms with van der Waals surface area (Å²) in [6, 6.07) is 84.6. The molecule has 0 N–H and O–H groups in total. The van der Waals surface area contributed by atoms with Crippen molar-refractivity contribution in [2.45, 2.75) is 0 Å². The molecule has 0 amide bonds. The lowest BCUT2D eigenvalue weighted by Crippen LogP contribution is -2.07. The lowest BCUT2D eigenvalue weighted by molar-refractivity contribution is 0.621. The van der Waals surface area contributed by atoms with Crippen molar-refractivity contribution >= 4 is 54.7 Å². The van der Waals surface area contributed by atoms with Gasteiger partial charge in [0.25, 0.3) is 0 Å². The molecule has 0 aliphatic carbocycles. The normalized spacial score (nSPS) is 11.7. The van der Waals surface area contributed by atoms with Gasteiger partial charge >= 0.3 is 0 Å². The summed E-state index contributed by atoms with van der Waals surface area (Å²) in [6.07, 6.45) is 0. The van der Waals surface area contributed by atoms with E-state index in [0.717, 1.165) is 110 Å². The molecule has 0 atom stereocenters. The van der Waals surface area contributed by atoms with Crippen LogP contribution in [-0.2, 0) is 0 Å². The highest BCUT2D eigenvalue weighted by atomic mass is 16.3. The minimum atomic E-state index is 0.529. The molecule has 0 saturated carbocycles. The fraction of sp³-hybridized carbons (Fsp3) is 0. The number of hydrogen-bond acceptors (Lipinski definition) is 5. The van der Waals surface area contributed by atoms with E-state index in [1.54, 1.807) is 0 Å². The Bertz CT molecular complexity index is 4250. The maximum absolute atomic E-state index is 6.48. The van der Waals surface area contributed by atoms with Gasteiger partial charge in [-0.15, -0.1) is 0 Å². The number of oxazole rings is 1. The average Bonchev–Trinajstić information content (AvgIpc) is 4.15. The van der Waals surface area contributed by atoms with E-state index in [2.05, 4.69) is 191 Å². The molecule has 0 fully saturated rings. The fourth-order valence-electron chi connectivity index (χ4n) is 10.3. The summed E-state index contributed by atoms with van der Waals surface area (Å²) in [7, 11) is 0. The Morgan fingerprint density at radius 2 is 0.803 bits per heavy atom. The summed E-state index contributed by atoms with van der Waals surface area (Å²) < 4.78 is 11.1. The second-order valence-electron chi connectivity index (χ2n) is 17.8. The zero-order chi connectivity index (χ0) is 46.8. The number of aromatic nitrogens is 6. The summed E-state index contributed by atoms with van der Waals surface area (Å²) in [4.78, 5) is 21.1. The van der Waals surface area contributed by atoms with Gasteiger partial charge in [-0.25, -0.2) is 9.97 Å². The zero-order valence-corrected chi connectivity index (χ0v) is 38.2. The van der Waals surface area contributed by atoms with Crippen molar-refractivity contribution in [3.8, 4) is 79.2 Å². The highest BCUT2D eigenvalue weighted by Crippen LogP contribution is 2.43. The SMILES string of the molecule is c1ccc(-c2cc(-c3ccccc3)cc(-c3nc(-c4ccccc4)nc(-n4c5ccccc5c5ccc6c7ccccc7n(-c7ccc(-c8cccc9nc(-c%10ccccc%10)oc89)cc7)c6c54)n3)c2)cc1. The first kappa shape index (κ1) is 40.4. The number of para-hydroxylation sites is 3. The molecule has 14 aromatic rings. The highest BCUT2D eigenvalue weighted by Gasteiger charge is 2.24. The van der Waals surface area contributed by atoms with Gasteiger partial charge in [-0.1, -0.05) is 182 Å². The number of fused-ring (bicyclic) bond motifs is 8. The van der Waals surface area contributed by atoms with Crippen LogP contribution in [0.15, 0.2) is 247 Å². The largest absolute Gasteiger partial charge is 0.435 e. The summed E-state index contributed by atoms with van der Waals surface area (Å²) in [6.45, 7) is 0. The van der Waals surface area contributed by atoms with Crippen molar-refractivity contribution in [1.82, 2.24) is 29.1 Å². The Labute approximate surface area is 408 Å². The summed E-state index contributed by atoms with van der Waals surface area (Å²) in [5, 5.41) is 4.48. The van der Waals surface area contributed by atoms with E-state index >= 15 is 0 Å². The quantitative estimate of drug-likeness (QED) is 0.152. The molecule has 0 saturated heterocycles. The number of nitrogens with zero attached hydrogens (tertiary/aromatic N) is 6. The van der Waals surface area contributed by atoms with Gasteiger partial charge in [0.05, 0.1) is 22.1 Å². The van der Waals surface area contributed by atoms with Gasteiger partial charge in [0.15, 0.2) is 17.2 Å². The van der Waals surface area contributed by atoms with E-state index in [0.29, 0.717) is 23.5 Å². The fourth-order valence-corrected chi connectivity index (χ4v) is 10.3. The Kier molecular flexibility index (Phi) is 9.38. The third-order valence-electron chi connectivity index (χ3n) is 13.6. The van der Waals surface area contributed by atoms with Gasteiger partial charge < -0.3 is 8.98 Å². The minimum absolute atomic E-state index is 0.529. The van der Waals surface area contributed by atoms with Gasteiger partial charge in [-0.2, -0.15) is 9.97 Å². The van der Waals surface area contributed by atoms with E-state index in [-0.39, 0.29) is 0 Å². The Morgan fingerprint density at radius 3 is 1.41 bits per heavy atom. The van der Waals surface area contributed by atoms with Crippen molar-refractivity contribution in [2.24, 2.45) is 0 Å². The molecule has 0 radical (unpaired) electrons. The van der Waals surface area contributed by atoms with Crippen LogP contribution in [0, 0.1) is 0 Å². The number of hydrogen-bond donors (Lipinski definition) is 0. The molecule has 0 bridgehead atoms. The van der Waals surface area contributed by atoms with Crippen molar-refractivity contribution < 1.29 is 4.42 Å². The molecule has 10 aromatic carbocycles. The molecule has 0 unspecified atom stereocenters. The van der Waals surface area contributed by atoms with Crippen LogP contribution in [0.5, 0.6) is 0 Å². The van der Waals surface area contributed by atoms with Crippen molar-refractivity contribution in [3.63, 3.8) is 0 Å². The van der Waals surface area contributed by atoms with E-state index in [9.17, 15) is 0 Å². The maximum Gasteiger partial charge on any atom is 0.238 e. The van der Waals surface area contributed by atoms with E-state index in [1.165, 1.54) is 0 Å². The van der Waals surface area contributed by atoms with E-state index in [1.807, 2.05) is 60.7 Å². The van der Waals surface area contributed by atoms with Crippen LogP contribution >= 0.6 is 0 Å². The van der Waals surface area contributed by atoms with Crippen LogP contribution in [0.2, 0.25) is 0 Å². The molecule has 332 valence electrons. The van der Waals surface area contributed by atoms with E-state index < -0.39 is 0 Å². The van der Waals surface area contributed by atoms with Gasteiger partial charge in [0.1, 0.15) is 5.52 Å². The molecule has 14 rings (SSSR count). The van der Waals surface area contributed by atoms with Gasteiger partial charge in [-0.3, -0.25) is 4.57 Å². The highest BCUT2D eigenvalue weighted by molar-refractivity contribution is 6.23. The van der Waals surface area contributed by atoms with Gasteiger partial charge in [-0.05, 0) is 88.5 Å². The topological polar surface area (TPSA) is 74.6 Å². The Balaban J connectivity index is 1.01. The lowest BCUT2D eigenvalue weighted by Gasteiger charge is -2.14. The van der Waals surface area contributed by atoms with Crippen molar-refractivity contribution in [2.75, 3.05) is 0 Å². The van der Waals surface area contributed by atoms with E-state index in [4.69, 9.17) is 24.4 Å². The molecular weight excluding hydrogens is 869 g/mol. The zero-order valence-electron chi connectivity index (χ0n) is 38.2. The predicted molar refractivity (Wildman–Crippen MR) is 289 cm³/mol. The minimum Gasteiger partial charge on any atom is -0.435 e. The average molecular weight is 909 g/mol. The first-order chi connectivity index (χ1) is 35.2. The number of rotatable bonds is 8.